The van der Waals surface area contributed by atoms with E-state index in [0.29, 0.717) is 0 Å². The lowest BCUT2D eigenvalue weighted by Crippen LogP contribution is -1.90. The molecule has 0 aliphatic carbocycles. The van der Waals surface area contributed by atoms with E-state index in [1.165, 1.54) is 54.6 Å². The fraction of sp³-hybridized carbons (Fsp3) is 0. The van der Waals surface area contributed by atoms with Gasteiger partial charge in [0.2, 0.25) is 0 Å². The van der Waals surface area contributed by atoms with E-state index in [4.69, 9.17) is 8.83 Å². The van der Waals surface area contributed by atoms with Crippen LogP contribution in [0.5, 0.6) is 0 Å². The minimum atomic E-state index is 0.893. The summed E-state index contributed by atoms with van der Waals surface area (Å²) in [4.78, 5) is 0. The summed E-state index contributed by atoms with van der Waals surface area (Å²) in [6.07, 6.45) is 0. The Labute approximate surface area is 335 Å². The topological polar surface area (TPSA) is 26.3 Å². The van der Waals surface area contributed by atoms with Crippen LogP contribution in [0.25, 0.3) is 121 Å². The van der Waals surface area contributed by atoms with Crippen LogP contribution in [0.4, 0.5) is 0 Å². The zero-order valence-corrected chi connectivity index (χ0v) is 31.4. The summed E-state index contributed by atoms with van der Waals surface area (Å²) in [7, 11) is 0. The molecule has 12 rings (SSSR count). The van der Waals surface area contributed by atoms with Crippen molar-refractivity contribution in [3.63, 3.8) is 0 Å². The third kappa shape index (κ3) is 5.05. The summed E-state index contributed by atoms with van der Waals surface area (Å²) in [6.45, 7) is 0. The van der Waals surface area contributed by atoms with E-state index in [9.17, 15) is 0 Å². The van der Waals surface area contributed by atoms with Gasteiger partial charge in [0, 0.05) is 33.0 Å². The predicted molar refractivity (Wildman–Crippen MR) is 242 cm³/mol. The number of benzene rings is 10. The van der Waals surface area contributed by atoms with Crippen molar-refractivity contribution in [2.45, 2.75) is 0 Å². The summed E-state index contributed by atoms with van der Waals surface area (Å²) >= 11 is 0. The van der Waals surface area contributed by atoms with E-state index in [0.717, 1.165) is 66.8 Å². The number of rotatable bonds is 6. The molecule has 0 spiro atoms. The van der Waals surface area contributed by atoms with Gasteiger partial charge < -0.3 is 8.83 Å². The molecule has 0 N–H and O–H groups in total. The lowest BCUT2D eigenvalue weighted by atomic mass is 9.87. The predicted octanol–water partition coefficient (Wildman–Crippen LogP) is 16.1. The van der Waals surface area contributed by atoms with Crippen molar-refractivity contribution in [2.24, 2.45) is 0 Å². The molecule has 2 heteroatoms. The monoisotopic (exact) mass is 738 g/mol. The van der Waals surface area contributed by atoms with Crippen molar-refractivity contribution in [2.75, 3.05) is 0 Å². The van der Waals surface area contributed by atoms with Crippen molar-refractivity contribution < 1.29 is 8.83 Å². The molecule has 0 atom stereocenters. The van der Waals surface area contributed by atoms with Crippen molar-refractivity contribution in [1.29, 1.82) is 0 Å². The Morgan fingerprint density at radius 2 is 0.603 bits per heavy atom. The molecule has 0 aliphatic heterocycles. The highest BCUT2D eigenvalue weighted by molar-refractivity contribution is 6.27. The molecule has 10 aromatic carbocycles. The highest BCUT2D eigenvalue weighted by Gasteiger charge is 2.20. The van der Waals surface area contributed by atoms with Crippen LogP contribution in [-0.2, 0) is 0 Å². The fourth-order valence-corrected chi connectivity index (χ4v) is 9.19. The molecule has 12 aromatic rings. The number of hydrogen-bond acceptors (Lipinski definition) is 2. The van der Waals surface area contributed by atoms with E-state index in [1.807, 2.05) is 12.1 Å². The Balaban J connectivity index is 0.946. The Kier molecular flexibility index (Phi) is 7.26. The Morgan fingerprint density at radius 3 is 1.03 bits per heavy atom. The number of para-hydroxylation sites is 2. The molecule has 0 fully saturated rings. The minimum Gasteiger partial charge on any atom is -0.455 e. The van der Waals surface area contributed by atoms with Gasteiger partial charge in [0.25, 0.3) is 0 Å². The van der Waals surface area contributed by atoms with Gasteiger partial charge in [-0.2, -0.15) is 0 Å². The van der Waals surface area contributed by atoms with Crippen molar-refractivity contribution in [1.82, 2.24) is 0 Å². The Bertz CT molecular complexity index is 3230. The van der Waals surface area contributed by atoms with Crippen LogP contribution in [0.2, 0.25) is 0 Å². The van der Waals surface area contributed by atoms with E-state index >= 15 is 0 Å². The van der Waals surface area contributed by atoms with Crippen molar-refractivity contribution >= 4 is 54.3 Å². The molecule has 58 heavy (non-hydrogen) atoms. The first-order chi connectivity index (χ1) is 28.8. The second kappa shape index (κ2) is 12.9. The van der Waals surface area contributed by atoms with Crippen LogP contribution < -0.4 is 0 Å². The molecule has 0 radical (unpaired) electrons. The van der Waals surface area contributed by atoms with E-state index in [1.54, 1.807) is 0 Å². The zero-order valence-electron chi connectivity index (χ0n) is 31.4. The summed E-state index contributed by atoms with van der Waals surface area (Å²) in [5.74, 6) is 1.79. The molecule has 0 bridgehead atoms. The highest BCUT2D eigenvalue weighted by atomic mass is 16.3. The number of hydrogen-bond donors (Lipinski definition) is 0. The van der Waals surface area contributed by atoms with Crippen LogP contribution in [0.3, 0.4) is 0 Å². The molecule has 0 unspecified atom stereocenters. The quantitative estimate of drug-likeness (QED) is 0.159. The van der Waals surface area contributed by atoms with E-state index in [-0.39, 0.29) is 0 Å². The summed E-state index contributed by atoms with van der Waals surface area (Å²) < 4.78 is 13.1. The molecule has 2 heterocycles. The molecule has 2 aromatic heterocycles. The van der Waals surface area contributed by atoms with Crippen LogP contribution in [0, 0.1) is 0 Å². The summed E-state index contributed by atoms with van der Waals surface area (Å²) in [5, 5.41) is 9.84. The van der Waals surface area contributed by atoms with E-state index < -0.39 is 0 Å². The van der Waals surface area contributed by atoms with Crippen LogP contribution in [0.1, 0.15) is 0 Å². The lowest BCUT2D eigenvalue weighted by Gasteiger charge is -2.17. The third-order valence-corrected chi connectivity index (χ3v) is 11.9. The molecule has 0 aliphatic rings. The molecule has 0 saturated heterocycles. The normalized spacial score (nSPS) is 11.8. The Hall–Kier alpha value is -7.68. The zero-order chi connectivity index (χ0) is 38.2. The maximum absolute atomic E-state index is 6.54. The van der Waals surface area contributed by atoms with Gasteiger partial charge in [0.15, 0.2) is 0 Å². The number of furan rings is 2. The lowest BCUT2D eigenvalue weighted by molar-refractivity contribution is 0.632. The van der Waals surface area contributed by atoms with Gasteiger partial charge in [-0.15, -0.1) is 0 Å². The molecule has 2 nitrogen and oxygen atoms in total. The average Bonchev–Trinajstić information content (AvgIpc) is 3.89. The van der Waals surface area contributed by atoms with Gasteiger partial charge in [-0.25, -0.2) is 0 Å². The molecule has 0 amide bonds. The van der Waals surface area contributed by atoms with Crippen molar-refractivity contribution in [3.05, 3.63) is 206 Å². The van der Waals surface area contributed by atoms with E-state index in [2.05, 4.69) is 194 Å². The van der Waals surface area contributed by atoms with Gasteiger partial charge in [-0.3, -0.25) is 0 Å². The smallest absolute Gasteiger partial charge is 0.143 e. The molecule has 0 saturated carbocycles. The average molecular weight is 739 g/mol. The van der Waals surface area contributed by atoms with Gasteiger partial charge in [-0.05, 0) is 77.8 Å². The summed E-state index contributed by atoms with van der Waals surface area (Å²) in [5.41, 5.74) is 13.3. The van der Waals surface area contributed by atoms with Gasteiger partial charge in [0.05, 0.1) is 0 Å². The van der Waals surface area contributed by atoms with Crippen LogP contribution in [-0.4, -0.2) is 0 Å². The first-order valence-electron chi connectivity index (χ1n) is 19.8. The van der Waals surface area contributed by atoms with Crippen LogP contribution in [0.15, 0.2) is 215 Å². The maximum Gasteiger partial charge on any atom is 0.143 e. The fourth-order valence-electron chi connectivity index (χ4n) is 9.19. The molecular formula is C56H34O2. The largest absolute Gasteiger partial charge is 0.455 e. The third-order valence-electron chi connectivity index (χ3n) is 11.9. The van der Waals surface area contributed by atoms with Gasteiger partial charge in [0.1, 0.15) is 22.7 Å². The molecule has 270 valence electrons. The highest BCUT2D eigenvalue weighted by Crippen LogP contribution is 2.46. The Morgan fingerprint density at radius 1 is 0.241 bits per heavy atom. The minimum absolute atomic E-state index is 0.893. The van der Waals surface area contributed by atoms with Crippen molar-refractivity contribution in [3.8, 4) is 67.2 Å². The van der Waals surface area contributed by atoms with Gasteiger partial charge >= 0.3 is 0 Å². The second-order valence-electron chi connectivity index (χ2n) is 15.1. The second-order valence-corrected chi connectivity index (χ2v) is 15.1. The standard InChI is InChI=1S/C56H34O2/c1-3-11-37(12-4-1)53-47-15-7-9-17-49(47)57-55(53)41-23-19-35(20-24-41)43-31-27-39-30-34-46-44(32-28-40-29-33-45(43)51(39)52(40)46)36-21-25-42(26-22-36)56-54(38-13-5-2-6-14-38)48-16-8-10-18-50(48)58-56/h1-34H. The maximum atomic E-state index is 6.54. The SMILES string of the molecule is c1ccc(-c2c(-c3ccc(-c4ccc5ccc6c(-c7ccc(-c8oc9ccccc9c8-c8ccccc8)cc7)ccc7ccc4c5c76)cc3)oc3ccccc23)cc1. The van der Waals surface area contributed by atoms with Gasteiger partial charge in [-0.1, -0.05) is 194 Å². The first-order valence-corrected chi connectivity index (χ1v) is 19.8. The van der Waals surface area contributed by atoms with Crippen LogP contribution >= 0.6 is 0 Å². The molecular weight excluding hydrogens is 705 g/mol. The summed E-state index contributed by atoms with van der Waals surface area (Å²) in [6, 6.07) is 73.7. The number of fused-ring (bicyclic) bond motifs is 2. The first kappa shape index (κ1) is 32.6.